The zero-order valence-electron chi connectivity index (χ0n) is 14.2. The maximum absolute atomic E-state index is 12.3. The molecule has 0 aromatic heterocycles. The summed E-state index contributed by atoms with van der Waals surface area (Å²) < 4.78 is 0. The molecule has 2 fully saturated rings. The van der Waals surface area contributed by atoms with Crippen LogP contribution in [0.3, 0.4) is 0 Å². The van der Waals surface area contributed by atoms with Gasteiger partial charge in [-0.3, -0.25) is 4.79 Å². The Morgan fingerprint density at radius 3 is 2.10 bits per heavy atom. The molecule has 1 amide bonds. The van der Waals surface area contributed by atoms with Crippen molar-refractivity contribution < 1.29 is 4.79 Å². The van der Waals surface area contributed by atoms with E-state index in [1.807, 2.05) is 0 Å². The second kappa shape index (κ2) is 7.13. The van der Waals surface area contributed by atoms with Crippen molar-refractivity contribution in [2.75, 3.05) is 6.54 Å². The average Bonchev–Trinajstić information content (AvgIpc) is 2.45. The lowest BCUT2D eigenvalue weighted by Gasteiger charge is -2.36. The molecule has 2 rings (SSSR count). The Morgan fingerprint density at radius 2 is 1.57 bits per heavy atom. The summed E-state index contributed by atoms with van der Waals surface area (Å²) in [5, 5.41) is 3.21. The third kappa shape index (κ3) is 4.98. The summed E-state index contributed by atoms with van der Waals surface area (Å²) in [6.07, 6.45) is 9.16. The first-order valence-electron chi connectivity index (χ1n) is 8.89. The fourth-order valence-electron chi connectivity index (χ4n) is 4.00. The standard InChI is InChI=1S/C18H34N2O/c1-18(2,3)15-8-6-14(7-9-15)17(21)20-12-13-4-10-16(19)11-5-13/h13-16H,4-12,19H2,1-3H3,(H,20,21). The largest absolute Gasteiger partial charge is 0.356 e. The van der Waals surface area contributed by atoms with E-state index in [4.69, 9.17) is 5.73 Å². The molecule has 0 heterocycles. The van der Waals surface area contributed by atoms with Crippen LogP contribution < -0.4 is 11.1 Å². The number of hydrogen-bond acceptors (Lipinski definition) is 2. The Bertz CT molecular complexity index is 332. The van der Waals surface area contributed by atoms with Gasteiger partial charge in [0.15, 0.2) is 0 Å². The molecule has 0 spiro atoms. The van der Waals surface area contributed by atoms with Crippen molar-refractivity contribution in [1.82, 2.24) is 5.32 Å². The second-order valence-corrected chi connectivity index (χ2v) is 8.44. The van der Waals surface area contributed by atoms with Gasteiger partial charge in [0.05, 0.1) is 0 Å². The molecule has 3 nitrogen and oxygen atoms in total. The predicted octanol–water partition coefficient (Wildman–Crippen LogP) is 3.47. The topological polar surface area (TPSA) is 55.1 Å². The lowest BCUT2D eigenvalue weighted by Crippen LogP contribution is -2.39. The summed E-state index contributed by atoms with van der Waals surface area (Å²) in [5.74, 6) is 1.99. The van der Waals surface area contributed by atoms with Gasteiger partial charge in [0.1, 0.15) is 0 Å². The Kier molecular flexibility index (Phi) is 5.70. The molecule has 2 aliphatic rings. The zero-order valence-corrected chi connectivity index (χ0v) is 14.2. The van der Waals surface area contributed by atoms with E-state index < -0.39 is 0 Å². The molecular weight excluding hydrogens is 260 g/mol. The first-order chi connectivity index (χ1) is 9.86. The van der Waals surface area contributed by atoms with E-state index in [0.29, 0.717) is 23.3 Å². The fraction of sp³-hybridized carbons (Fsp3) is 0.944. The molecule has 2 aliphatic carbocycles. The summed E-state index contributed by atoms with van der Waals surface area (Å²) in [7, 11) is 0. The smallest absolute Gasteiger partial charge is 0.223 e. The number of carbonyl (C=O) groups excluding carboxylic acids is 1. The average molecular weight is 294 g/mol. The molecule has 21 heavy (non-hydrogen) atoms. The molecule has 0 unspecified atom stereocenters. The zero-order chi connectivity index (χ0) is 15.5. The van der Waals surface area contributed by atoms with Gasteiger partial charge in [-0.15, -0.1) is 0 Å². The minimum atomic E-state index is 0.259. The Labute approximate surface area is 130 Å². The highest BCUT2D eigenvalue weighted by molar-refractivity contribution is 5.78. The van der Waals surface area contributed by atoms with Crippen LogP contribution in [0.2, 0.25) is 0 Å². The predicted molar refractivity (Wildman–Crippen MR) is 87.8 cm³/mol. The van der Waals surface area contributed by atoms with Crippen molar-refractivity contribution >= 4 is 5.91 Å². The quantitative estimate of drug-likeness (QED) is 0.837. The molecule has 0 radical (unpaired) electrons. The minimum Gasteiger partial charge on any atom is -0.356 e. The number of nitrogens with two attached hydrogens (primary N) is 1. The van der Waals surface area contributed by atoms with Gasteiger partial charge in [-0.05, 0) is 68.6 Å². The van der Waals surface area contributed by atoms with E-state index in [9.17, 15) is 4.79 Å². The van der Waals surface area contributed by atoms with Crippen molar-refractivity contribution in [2.45, 2.75) is 78.2 Å². The van der Waals surface area contributed by atoms with Crippen molar-refractivity contribution in [1.29, 1.82) is 0 Å². The molecule has 3 heteroatoms. The van der Waals surface area contributed by atoms with Gasteiger partial charge in [0.25, 0.3) is 0 Å². The number of nitrogens with one attached hydrogen (secondary N) is 1. The molecule has 0 bridgehead atoms. The van der Waals surface area contributed by atoms with Crippen molar-refractivity contribution in [3.63, 3.8) is 0 Å². The van der Waals surface area contributed by atoms with E-state index in [0.717, 1.165) is 38.1 Å². The van der Waals surface area contributed by atoms with Crippen LogP contribution in [0.4, 0.5) is 0 Å². The van der Waals surface area contributed by atoms with E-state index in [1.54, 1.807) is 0 Å². The Hall–Kier alpha value is -0.570. The molecule has 0 aromatic rings. The highest BCUT2D eigenvalue weighted by atomic mass is 16.1. The lowest BCUT2D eigenvalue weighted by atomic mass is 9.69. The van der Waals surface area contributed by atoms with Crippen LogP contribution in [0.25, 0.3) is 0 Å². The maximum atomic E-state index is 12.3. The second-order valence-electron chi connectivity index (χ2n) is 8.44. The SMILES string of the molecule is CC(C)(C)C1CCC(C(=O)NCC2CCC(N)CC2)CC1. The van der Waals surface area contributed by atoms with E-state index >= 15 is 0 Å². The molecule has 0 aliphatic heterocycles. The first-order valence-corrected chi connectivity index (χ1v) is 8.89. The molecule has 0 saturated heterocycles. The highest BCUT2D eigenvalue weighted by Gasteiger charge is 2.32. The van der Waals surface area contributed by atoms with Crippen molar-refractivity contribution in [3.05, 3.63) is 0 Å². The van der Waals surface area contributed by atoms with Gasteiger partial charge in [-0.2, -0.15) is 0 Å². The minimum absolute atomic E-state index is 0.259. The third-order valence-corrected chi connectivity index (χ3v) is 5.78. The molecule has 0 atom stereocenters. The fourth-order valence-corrected chi connectivity index (χ4v) is 4.00. The first kappa shape index (κ1) is 16.8. The van der Waals surface area contributed by atoms with Gasteiger partial charge in [-0.25, -0.2) is 0 Å². The van der Waals surface area contributed by atoms with Gasteiger partial charge in [-0.1, -0.05) is 20.8 Å². The molecule has 2 saturated carbocycles. The third-order valence-electron chi connectivity index (χ3n) is 5.78. The summed E-state index contributed by atoms with van der Waals surface area (Å²) in [6.45, 7) is 7.84. The van der Waals surface area contributed by atoms with Gasteiger partial charge >= 0.3 is 0 Å². The van der Waals surface area contributed by atoms with E-state index in [1.165, 1.54) is 25.7 Å². The highest BCUT2D eigenvalue weighted by Crippen LogP contribution is 2.39. The molecule has 3 N–H and O–H groups in total. The summed E-state index contributed by atoms with van der Waals surface area (Å²) in [5.41, 5.74) is 6.32. The van der Waals surface area contributed by atoms with Crippen LogP contribution in [0.15, 0.2) is 0 Å². The van der Waals surface area contributed by atoms with Gasteiger partial charge in [0.2, 0.25) is 5.91 Å². The van der Waals surface area contributed by atoms with Crippen LogP contribution in [-0.4, -0.2) is 18.5 Å². The van der Waals surface area contributed by atoms with Gasteiger partial charge < -0.3 is 11.1 Å². The Balaban J connectivity index is 1.68. The van der Waals surface area contributed by atoms with Gasteiger partial charge in [0, 0.05) is 18.5 Å². The van der Waals surface area contributed by atoms with Crippen molar-refractivity contribution in [2.24, 2.45) is 28.9 Å². The monoisotopic (exact) mass is 294 g/mol. The van der Waals surface area contributed by atoms with Crippen LogP contribution in [0.1, 0.15) is 72.1 Å². The number of carbonyl (C=O) groups is 1. The van der Waals surface area contributed by atoms with Crippen molar-refractivity contribution in [3.8, 4) is 0 Å². The van der Waals surface area contributed by atoms with E-state index in [2.05, 4.69) is 26.1 Å². The van der Waals surface area contributed by atoms with Crippen LogP contribution >= 0.6 is 0 Å². The summed E-state index contributed by atoms with van der Waals surface area (Å²) >= 11 is 0. The number of rotatable bonds is 3. The molecule has 0 aromatic carbocycles. The van der Waals surface area contributed by atoms with Crippen LogP contribution in [-0.2, 0) is 4.79 Å². The molecule has 122 valence electrons. The van der Waals surface area contributed by atoms with E-state index in [-0.39, 0.29) is 5.92 Å². The maximum Gasteiger partial charge on any atom is 0.223 e. The summed E-state index contributed by atoms with van der Waals surface area (Å²) in [6, 6.07) is 0.393. The van der Waals surface area contributed by atoms with Crippen LogP contribution in [0.5, 0.6) is 0 Å². The molecular formula is C18H34N2O. The normalized spacial score (nSPS) is 34.5. The number of amides is 1. The lowest BCUT2D eigenvalue weighted by molar-refractivity contribution is -0.126. The van der Waals surface area contributed by atoms with Crippen LogP contribution in [0, 0.1) is 23.2 Å². The summed E-state index contributed by atoms with van der Waals surface area (Å²) in [4.78, 5) is 12.3. The number of hydrogen-bond donors (Lipinski definition) is 2. The Morgan fingerprint density at radius 1 is 1.00 bits per heavy atom.